The zero-order valence-electron chi connectivity index (χ0n) is 15.2. The van der Waals surface area contributed by atoms with E-state index in [2.05, 4.69) is 29.2 Å². The number of nitrogens with zero attached hydrogens (tertiary/aromatic N) is 4. The minimum Gasteiger partial charge on any atom is -0.339 e. The number of amides is 2. The van der Waals surface area contributed by atoms with Gasteiger partial charge in [-0.1, -0.05) is 13.3 Å². The fourth-order valence-corrected chi connectivity index (χ4v) is 3.00. The van der Waals surface area contributed by atoms with E-state index in [1.807, 2.05) is 29.9 Å². The molecule has 0 aromatic carbocycles. The maximum absolute atomic E-state index is 12.4. The molecule has 0 spiro atoms. The van der Waals surface area contributed by atoms with E-state index < -0.39 is 0 Å². The molecule has 24 heavy (non-hydrogen) atoms. The number of anilines is 1. The van der Waals surface area contributed by atoms with Gasteiger partial charge in [-0.2, -0.15) is 5.10 Å². The summed E-state index contributed by atoms with van der Waals surface area (Å²) >= 11 is 0. The monoisotopic (exact) mass is 335 g/mol. The molecular weight excluding hydrogens is 306 g/mol. The lowest BCUT2D eigenvalue weighted by molar-refractivity contribution is -0.129. The smallest absolute Gasteiger partial charge is 0.229 e. The summed E-state index contributed by atoms with van der Waals surface area (Å²) in [4.78, 5) is 28.5. The van der Waals surface area contributed by atoms with Crippen molar-refractivity contribution < 1.29 is 9.59 Å². The van der Waals surface area contributed by atoms with Crippen molar-refractivity contribution in [3.8, 4) is 0 Å². The van der Waals surface area contributed by atoms with Gasteiger partial charge in [-0.05, 0) is 27.4 Å². The van der Waals surface area contributed by atoms with Crippen molar-refractivity contribution in [3.63, 3.8) is 0 Å². The molecule has 1 N–H and O–H groups in total. The lowest BCUT2D eigenvalue weighted by atomic mass is 10.1. The van der Waals surface area contributed by atoms with Crippen LogP contribution in [-0.2, 0) is 16.1 Å². The third kappa shape index (κ3) is 4.80. The molecule has 7 heteroatoms. The standard InChI is InChI=1S/C17H29N5O2/c1-5-6-13(2)22-11-14(9-16(22)23)17(24)19-15-10-18-21(12-15)8-7-20(3)4/h10,12-14H,5-9,11H2,1-4H3,(H,19,24). The third-order valence-corrected chi connectivity index (χ3v) is 4.44. The van der Waals surface area contributed by atoms with Crippen molar-refractivity contribution in [1.82, 2.24) is 19.6 Å². The molecule has 7 nitrogen and oxygen atoms in total. The maximum atomic E-state index is 12.4. The van der Waals surface area contributed by atoms with E-state index >= 15 is 0 Å². The van der Waals surface area contributed by atoms with Crippen LogP contribution in [0.25, 0.3) is 0 Å². The third-order valence-electron chi connectivity index (χ3n) is 4.44. The molecule has 2 rings (SSSR count). The Kier molecular flexibility index (Phi) is 6.36. The Balaban J connectivity index is 1.88. The number of likely N-dealkylation sites (tertiary alicyclic amines) is 1. The minimum atomic E-state index is -0.276. The summed E-state index contributed by atoms with van der Waals surface area (Å²) in [6.07, 6.45) is 5.79. The van der Waals surface area contributed by atoms with Crippen LogP contribution in [0.5, 0.6) is 0 Å². The van der Waals surface area contributed by atoms with E-state index in [4.69, 9.17) is 0 Å². The predicted octanol–water partition coefficient (Wildman–Crippen LogP) is 1.42. The summed E-state index contributed by atoms with van der Waals surface area (Å²) < 4.78 is 1.81. The SMILES string of the molecule is CCCC(C)N1CC(C(=O)Nc2cnn(CCN(C)C)c2)CC1=O. The predicted molar refractivity (Wildman–Crippen MR) is 93.6 cm³/mol. The van der Waals surface area contributed by atoms with Gasteiger partial charge in [0.05, 0.1) is 24.3 Å². The van der Waals surface area contributed by atoms with Gasteiger partial charge in [-0.25, -0.2) is 0 Å². The lowest BCUT2D eigenvalue weighted by Crippen LogP contribution is -2.35. The molecule has 0 radical (unpaired) electrons. The average Bonchev–Trinajstić information content (AvgIpc) is 3.12. The zero-order valence-corrected chi connectivity index (χ0v) is 15.2. The van der Waals surface area contributed by atoms with Gasteiger partial charge in [0.25, 0.3) is 0 Å². The molecule has 0 saturated carbocycles. The second-order valence-electron chi connectivity index (χ2n) is 6.87. The van der Waals surface area contributed by atoms with Crippen LogP contribution in [0.15, 0.2) is 12.4 Å². The summed E-state index contributed by atoms with van der Waals surface area (Å²) in [7, 11) is 4.02. The number of rotatable bonds is 8. The lowest BCUT2D eigenvalue weighted by Gasteiger charge is -2.24. The van der Waals surface area contributed by atoms with Crippen LogP contribution >= 0.6 is 0 Å². The number of nitrogens with one attached hydrogen (secondary N) is 1. The van der Waals surface area contributed by atoms with Crippen molar-refractivity contribution in [1.29, 1.82) is 0 Å². The fraction of sp³-hybridized carbons (Fsp3) is 0.706. The Hall–Kier alpha value is -1.89. The first-order valence-electron chi connectivity index (χ1n) is 8.68. The van der Waals surface area contributed by atoms with E-state index in [0.29, 0.717) is 18.7 Å². The summed E-state index contributed by atoms with van der Waals surface area (Å²) in [6, 6.07) is 0.203. The molecule has 2 atom stereocenters. The molecule has 134 valence electrons. The van der Waals surface area contributed by atoms with Gasteiger partial charge in [-0.3, -0.25) is 14.3 Å². The summed E-state index contributed by atoms with van der Waals surface area (Å²) in [5, 5.41) is 7.14. The molecule has 1 aliphatic heterocycles. The number of hydrogen-bond donors (Lipinski definition) is 1. The normalized spacial score (nSPS) is 19.1. The molecule has 0 bridgehead atoms. The molecule has 1 aliphatic rings. The Bertz CT molecular complexity index is 569. The van der Waals surface area contributed by atoms with Crippen molar-refractivity contribution >= 4 is 17.5 Å². The van der Waals surface area contributed by atoms with Crippen LogP contribution in [0, 0.1) is 5.92 Å². The van der Waals surface area contributed by atoms with Crippen molar-refractivity contribution in [2.75, 3.05) is 32.5 Å². The number of carbonyl (C=O) groups is 2. The molecule has 1 fully saturated rings. The first-order valence-corrected chi connectivity index (χ1v) is 8.68. The van der Waals surface area contributed by atoms with Gasteiger partial charge in [0.2, 0.25) is 11.8 Å². The van der Waals surface area contributed by atoms with E-state index in [1.54, 1.807) is 6.20 Å². The largest absolute Gasteiger partial charge is 0.339 e. The summed E-state index contributed by atoms with van der Waals surface area (Å²) in [5.74, 6) is -0.290. The van der Waals surface area contributed by atoms with Gasteiger partial charge in [0, 0.05) is 31.7 Å². The number of likely N-dealkylation sites (N-methyl/N-ethyl adjacent to an activating group) is 1. The highest BCUT2D eigenvalue weighted by atomic mass is 16.2. The Morgan fingerprint density at radius 2 is 2.25 bits per heavy atom. The van der Waals surface area contributed by atoms with Crippen molar-refractivity contribution in [2.24, 2.45) is 5.92 Å². The van der Waals surface area contributed by atoms with E-state index in [-0.39, 0.29) is 23.8 Å². The second-order valence-corrected chi connectivity index (χ2v) is 6.87. The van der Waals surface area contributed by atoms with Crippen LogP contribution in [-0.4, -0.2) is 64.6 Å². The highest BCUT2D eigenvalue weighted by Gasteiger charge is 2.36. The average molecular weight is 335 g/mol. The van der Waals surface area contributed by atoms with Crippen LogP contribution in [0.4, 0.5) is 5.69 Å². The number of aromatic nitrogens is 2. The molecule has 1 aromatic heterocycles. The molecule has 2 amide bonds. The number of hydrogen-bond acceptors (Lipinski definition) is 4. The van der Waals surface area contributed by atoms with Crippen LogP contribution < -0.4 is 5.32 Å². The molecule has 2 heterocycles. The Morgan fingerprint density at radius 3 is 2.92 bits per heavy atom. The first-order chi connectivity index (χ1) is 11.4. The minimum absolute atomic E-state index is 0.0813. The first kappa shape index (κ1) is 18.4. The molecule has 2 unspecified atom stereocenters. The van der Waals surface area contributed by atoms with Gasteiger partial charge in [-0.15, -0.1) is 0 Å². The summed E-state index contributed by atoms with van der Waals surface area (Å²) in [6.45, 7) is 6.33. The molecule has 0 aliphatic carbocycles. The van der Waals surface area contributed by atoms with Gasteiger partial charge in [0.1, 0.15) is 0 Å². The van der Waals surface area contributed by atoms with Gasteiger partial charge < -0.3 is 15.1 Å². The van der Waals surface area contributed by atoms with E-state index in [0.717, 1.165) is 25.9 Å². The molecule has 1 saturated heterocycles. The van der Waals surface area contributed by atoms with Gasteiger partial charge >= 0.3 is 0 Å². The number of carbonyl (C=O) groups excluding carboxylic acids is 2. The van der Waals surface area contributed by atoms with Crippen molar-refractivity contribution in [2.45, 2.75) is 45.7 Å². The zero-order chi connectivity index (χ0) is 17.7. The van der Waals surface area contributed by atoms with Gasteiger partial charge in [0.15, 0.2) is 0 Å². The molecular formula is C17H29N5O2. The van der Waals surface area contributed by atoms with E-state index in [1.165, 1.54) is 0 Å². The van der Waals surface area contributed by atoms with Crippen molar-refractivity contribution in [3.05, 3.63) is 12.4 Å². The Morgan fingerprint density at radius 1 is 1.50 bits per heavy atom. The topological polar surface area (TPSA) is 70.5 Å². The molecule has 1 aromatic rings. The van der Waals surface area contributed by atoms with E-state index in [9.17, 15) is 9.59 Å². The van der Waals surface area contributed by atoms with Crippen LogP contribution in [0.1, 0.15) is 33.1 Å². The quantitative estimate of drug-likeness (QED) is 0.780. The summed E-state index contributed by atoms with van der Waals surface area (Å²) in [5.41, 5.74) is 0.686. The van der Waals surface area contributed by atoms with Crippen LogP contribution in [0.2, 0.25) is 0 Å². The fourth-order valence-electron chi connectivity index (χ4n) is 3.00. The second kappa shape index (κ2) is 8.28. The highest BCUT2D eigenvalue weighted by molar-refractivity contribution is 5.97. The van der Waals surface area contributed by atoms with Crippen LogP contribution in [0.3, 0.4) is 0 Å². The highest BCUT2D eigenvalue weighted by Crippen LogP contribution is 2.23. The Labute approximate surface area is 144 Å². The maximum Gasteiger partial charge on any atom is 0.229 e.